The van der Waals surface area contributed by atoms with Crippen LogP contribution < -0.4 is 14.4 Å². The summed E-state index contributed by atoms with van der Waals surface area (Å²) in [4.78, 5) is 15.0. The van der Waals surface area contributed by atoms with E-state index in [1.165, 1.54) is 13.2 Å². The molecule has 0 atom stereocenters. The number of allylic oxidation sites excluding steroid dienone is 2. The van der Waals surface area contributed by atoms with Crippen LogP contribution in [0.2, 0.25) is 0 Å². The second-order valence-electron chi connectivity index (χ2n) is 7.30. The minimum absolute atomic E-state index is 0.0183. The van der Waals surface area contributed by atoms with Gasteiger partial charge in [-0.3, -0.25) is 4.79 Å². The summed E-state index contributed by atoms with van der Waals surface area (Å²) in [7, 11) is 5.35. The maximum Gasteiger partial charge on any atom is 0.387 e. The van der Waals surface area contributed by atoms with Crippen LogP contribution in [0.5, 0.6) is 11.5 Å². The number of carbonyl (C=O) groups is 1. The Morgan fingerprint density at radius 3 is 2.10 bits per heavy atom. The van der Waals surface area contributed by atoms with Gasteiger partial charge in [0.25, 0.3) is 0 Å². The molecule has 2 aromatic rings. The lowest BCUT2D eigenvalue weighted by Crippen LogP contribution is -2.12. The third kappa shape index (κ3) is 5.26. The lowest BCUT2D eigenvalue weighted by atomic mass is 9.87. The van der Waals surface area contributed by atoms with Crippen LogP contribution in [-0.4, -0.2) is 33.6 Å². The molecule has 0 N–H and O–H groups in total. The number of ketones is 1. The van der Waals surface area contributed by atoms with Crippen molar-refractivity contribution in [3.8, 4) is 11.5 Å². The Labute approximate surface area is 175 Å². The summed E-state index contributed by atoms with van der Waals surface area (Å²) in [6, 6.07) is 12.7. The summed E-state index contributed by atoms with van der Waals surface area (Å²) in [5.41, 5.74) is 4.26. The first kappa shape index (κ1) is 21.6. The normalized spacial score (nSPS) is 16.9. The van der Waals surface area contributed by atoms with Crippen LogP contribution in [0.3, 0.4) is 0 Å². The molecule has 3 rings (SSSR count). The lowest BCUT2D eigenvalue weighted by Gasteiger charge is -2.17. The molecule has 1 aliphatic carbocycles. The van der Waals surface area contributed by atoms with Crippen molar-refractivity contribution < 1.29 is 23.0 Å². The van der Waals surface area contributed by atoms with Gasteiger partial charge in [-0.1, -0.05) is 18.2 Å². The number of hydrogen-bond donors (Lipinski definition) is 0. The van der Waals surface area contributed by atoms with E-state index < -0.39 is 6.61 Å². The Hall–Kier alpha value is -3.15. The molecule has 0 aromatic heterocycles. The first-order valence-corrected chi connectivity index (χ1v) is 9.73. The van der Waals surface area contributed by atoms with Gasteiger partial charge in [0.1, 0.15) is 0 Å². The molecule has 1 fully saturated rings. The first-order valence-electron chi connectivity index (χ1n) is 9.73. The van der Waals surface area contributed by atoms with Crippen molar-refractivity contribution in [3.63, 3.8) is 0 Å². The van der Waals surface area contributed by atoms with Gasteiger partial charge in [0.2, 0.25) is 0 Å². The Kier molecular flexibility index (Phi) is 6.87. The molecule has 4 nitrogen and oxygen atoms in total. The number of rotatable bonds is 6. The quantitative estimate of drug-likeness (QED) is 0.580. The molecule has 0 spiro atoms. The van der Waals surface area contributed by atoms with Crippen LogP contribution in [0.15, 0.2) is 53.6 Å². The summed E-state index contributed by atoms with van der Waals surface area (Å²) < 4.78 is 34.6. The zero-order valence-corrected chi connectivity index (χ0v) is 17.3. The fraction of sp³-hybridized carbons (Fsp3) is 0.292. The molecule has 0 aliphatic heterocycles. The molecular weight excluding hydrogens is 388 g/mol. The molecule has 2 aromatic carbocycles. The van der Waals surface area contributed by atoms with E-state index in [1.54, 1.807) is 18.2 Å². The van der Waals surface area contributed by atoms with Crippen molar-refractivity contribution in [1.82, 2.24) is 0 Å². The number of hydrogen-bond acceptors (Lipinski definition) is 4. The highest BCUT2D eigenvalue weighted by Crippen LogP contribution is 2.32. The lowest BCUT2D eigenvalue weighted by molar-refractivity contribution is -0.112. The molecule has 0 saturated heterocycles. The van der Waals surface area contributed by atoms with Crippen LogP contribution in [0.25, 0.3) is 12.2 Å². The van der Waals surface area contributed by atoms with Gasteiger partial charge >= 0.3 is 6.61 Å². The van der Waals surface area contributed by atoms with Crippen molar-refractivity contribution in [2.45, 2.75) is 25.9 Å². The van der Waals surface area contributed by atoms with Gasteiger partial charge < -0.3 is 14.4 Å². The highest BCUT2D eigenvalue weighted by Gasteiger charge is 2.21. The Morgan fingerprint density at radius 1 is 0.933 bits per heavy atom. The van der Waals surface area contributed by atoms with Crippen molar-refractivity contribution in [2.75, 3.05) is 26.1 Å². The number of benzene rings is 2. The number of carbonyl (C=O) groups excluding carboxylic acids is 1. The van der Waals surface area contributed by atoms with Gasteiger partial charge in [0.05, 0.1) is 7.11 Å². The minimum Gasteiger partial charge on any atom is -0.493 e. The van der Waals surface area contributed by atoms with E-state index in [0.29, 0.717) is 17.6 Å². The number of Topliss-reactive ketones (excluding diaryl/α,β-unsaturated/α-hetero) is 1. The van der Waals surface area contributed by atoms with Crippen LogP contribution >= 0.6 is 0 Å². The molecule has 158 valence electrons. The van der Waals surface area contributed by atoms with E-state index in [2.05, 4.69) is 4.74 Å². The predicted molar refractivity (Wildman–Crippen MR) is 115 cm³/mol. The molecule has 0 heterocycles. The van der Waals surface area contributed by atoms with Gasteiger partial charge in [0.15, 0.2) is 17.3 Å². The standard InChI is InChI=1S/C24H25F2NO3/c1-27(2)20-10-7-16(8-11-20)13-18-5-4-6-19(23(18)28)14-17-9-12-21(30-24(25)26)22(15-17)29-3/h7-15,24H,4-6H2,1-3H3/b18-13-,19-14+. The largest absolute Gasteiger partial charge is 0.493 e. The number of nitrogens with zero attached hydrogens (tertiary/aromatic N) is 1. The fourth-order valence-electron chi connectivity index (χ4n) is 3.42. The fourth-order valence-corrected chi connectivity index (χ4v) is 3.42. The van der Waals surface area contributed by atoms with Gasteiger partial charge in [-0.15, -0.1) is 0 Å². The molecule has 0 radical (unpaired) electrons. The number of methoxy groups -OCH3 is 1. The molecule has 0 amide bonds. The zero-order chi connectivity index (χ0) is 21.7. The predicted octanol–water partition coefficient (Wildman–Crippen LogP) is 5.58. The molecule has 30 heavy (non-hydrogen) atoms. The smallest absolute Gasteiger partial charge is 0.387 e. The summed E-state index contributed by atoms with van der Waals surface area (Å²) in [5, 5.41) is 0. The summed E-state index contributed by atoms with van der Waals surface area (Å²) in [6.45, 7) is -2.93. The van der Waals surface area contributed by atoms with Gasteiger partial charge in [0, 0.05) is 30.9 Å². The highest BCUT2D eigenvalue weighted by molar-refractivity contribution is 6.14. The van der Waals surface area contributed by atoms with E-state index >= 15 is 0 Å². The number of anilines is 1. The maximum atomic E-state index is 13.0. The highest BCUT2D eigenvalue weighted by atomic mass is 19.3. The first-order chi connectivity index (χ1) is 14.4. The molecule has 1 saturated carbocycles. The number of halogens is 2. The van der Waals surface area contributed by atoms with Gasteiger partial charge in [-0.25, -0.2) is 0 Å². The van der Waals surface area contributed by atoms with Crippen molar-refractivity contribution in [2.24, 2.45) is 0 Å². The van der Waals surface area contributed by atoms with Crippen molar-refractivity contribution >= 4 is 23.6 Å². The van der Waals surface area contributed by atoms with E-state index in [0.717, 1.165) is 29.7 Å². The SMILES string of the molecule is COc1cc(/C=C2\CCC/C(=C/c3ccc(N(C)C)cc3)C2=O)ccc1OC(F)F. The summed E-state index contributed by atoms with van der Waals surface area (Å²) in [5.74, 6) is 0.181. The number of ether oxygens (including phenoxy) is 2. The van der Waals surface area contributed by atoms with Crippen LogP contribution in [-0.2, 0) is 4.79 Å². The van der Waals surface area contributed by atoms with E-state index in [-0.39, 0.29) is 17.3 Å². The molecular formula is C24H25F2NO3. The van der Waals surface area contributed by atoms with Crippen molar-refractivity contribution in [3.05, 3.63) is 64.7 Å². The third-order valence-electron chi connectivity index (χ3n) is 4.97. The van der Waals surface area contributed by atoms with E-state index in [1.807, 2.05) is 49.3 Å². The van der Waals surface area contributed by atoms with Crippen LogP contribution in [0.4, 0.5) is 14.5 Å². The van der Waals surface area contributed by atoms with Crippen LogP contribution in [0, 0.1) is 0 Å². The topological polar surface area (TPSA) is 38.8 Å². The monoisotopic (exact) mass is 413 g/mol. The van der Waals surface area contributed by atoms with Crippen molar-refractivity contribution in [1.29, 1.82) is 0 Å². The van der Waals surface area contributed by atoms with Gasteiger partial charge in [-0.2, -0.15) is 8.78 Å². The third-order valence-corrected chi connectivity index (χ3v) is 4.97. The summed E-state index contributed by atoms with van der Waals surface area (Å²) in [6.07, 6.45) is 6.01. The second-order valence-corrected chi connectivity index (χ2v) is 7.30. The maximum absolute atomic E-state index is 13.0. The number of alkyl halides is 2. The Morgan fingerprint density at radius 2 is 1.53 bits per heavy atom. The second kappa shape index (κ2) is 9.57. The summed E-state index contributed by atoms with van der Waals surface area (Å²) >= 11 is 0. The Bertz CT molecular complexity index is 963. The molecule has 1 aliphatic rings. The minimum atomic E-state index is -2.93. The van der Waals surface area contributed by atoms with E-state index in [4.69, 9.17) is 4.74 Å². The van der Waals surface area contributed by atoms with E-state index in [9.17, 15) is 13.6 Å². The molecule has 6 heteroatoms. The molecule has 0 bridgehead atoms. The zero-order valence-electron chi connectivity index (χ0n) is 17.3. The van der Waals surface area contributed by atoms with Gasteiger partial charge in [-0.05, 0) is 66.8 Å². The van der Waals surface area contributed by atoms with Crippen LogP contribution in [0.1, 0.15) is 30.4 Å². The average Bonchev–Trinajstić information content (AvgIpc) is 2.72. The Balaban J connectivity index is 1.83. The average molecular weight is 413 g/mol. The molecule has 0 unspecified atom stereocenters.